The van der Waals surface area contributed by atoms with E-state index < -0.39 is 0 Å². The topological polar surface area (TPSA) is 20.3 Å². The molecular formula is C23H21NO. The van der Waals surface area contributed by atoms with Crippen LogP contribution < -0.4 is 4.90 Å². The Bertz CT molecular complexity index is 858. The van der Waals surface area contributed by atoms with Crippen molar-refractivity contribution in [2.24, 2.45) is 5.92 Å². The highest BCUT2D eigenvalue weighted by atomic mass is 16.1. The summed E-state index contributed by atoms with van der Waals surface area (Å²) in [6, 6.07) is 28.8. The van der Waals surface area contributed by atoms with Crippen molar-refractivity contribution in [1.82, 2.24) is 0 Å². The zero-order valence-electron chi connectivity index (χ0n) is 14.1. The minimum atomic E-state index is 0.000937. The lowest BCUT2D eigenvalue weighted by molar-refractivity contribution is 0.0914. The molecule has 124 valence electrons. The molecule has 0 N–H and O–H groups in total. The Morgan fingerprint density at radius 1 is 0.760 bits per heavy atom. The SMILES string of the molecule is O=C1c2ccccc2N(Cc2ccccc2)CC1Cc1ccccc1. The van der Waals surface area contributed by atoms with Gasteiger partial charge in [-0.15, -0.1) is 0 Å². The van der Waals surface area contributed by atoms with Gasteiger partial charge in [0.15, 0.2) is 5.78 Å². The van der Waals surface area contributed by atoms with Gasteiger partial charge >= 0.3 is 0 Å². The number of carbonyl (C=O) groups excluding carboxylic acids is 1. The Morgan fingerprint density at radius 2 is 1.36 bits per heavy atom. The number of carbonyl (C=O) groups is 1. The molecule has 0 saturated heterocycles. The van der Waals surface area contributed by atoms with E-state index in [1.54, 1.807) is 0 Å². The maximum Gasteiger partial charge on any atom is 0.170 e. The van der Waals surface area contributed by atoms with Gasteiger partial charge in [0, 0.05) is 30.3 Å². The fraction of sp³-hybridized carbons (Fsp3) is 0.174. The fourth-order valence-electron chi connectivity index (χ4n) is 3.63. The van der Waals surface area contributed by atoms with Crippen LogP contribution in [0.25, 0.3) is 0 Å². The van der Waals surface area contributed by atoms with E-state index in [1.807, 2.05) is 42.5 Å². The van der Waals surface area contributed by atoms with Crippen LogP contribution in [0.4, 0.5) is 5.69 Å². The predicted octanol–water partition coefficient (Wildman–Crippen LogP) is 4.75. The molecule has 1 aliphatic rings. The minimum Gasteiger partial charge on any atom is -0.366 e. The fourth-order valence-corrected chi connectivity index (χ4v) is 3.63. The zero-order chi connectivity index (χ0) is 17.1. The standard InChI is InChI=1S/C23H21NO/c25-23-20(15-18-9-3-1-4-10-18)17-24(16-19-11-5-2-6-12-19)22-14-8-7-13-21(22)23/h1-14,20H,15-17H2. The van der Waals surface area contributed by atoms with Crippen LogP contribution in [0, 0.1) is 5.92 Å². The molecule has 0 fully saturated rings. The number of hydrogen-bond donors (Lipinski definition) is 0. The normalized spacial score (nSPS) is 16.6. The predicted molar refractivity (Wildman–Crippen MR) is 102 cm³/mol. The van der Waals surface area contributed by atoms with E-state index in [-0.39, 0.29) is 11.7 Å². The Labute approximate surface area is 148 Å². The van der Waals surface area contributed by atoms with E-state index in [0.717, 1.165) is 30.8 Å². The molecule has 1 unspecified atom stereocenters. The van der Waals surface area contributed by atoms with Gasteiger partial charge in [0.1, 0.15) is 0 Å². The van der Waals surface area contributed by atoms with Crippen LogP contribution in [0.5, 0.6) is 0 Å². The molecule has 0 aromatic heterocycles. The Morgan fingerprint density at radius 3 is 2.08 bits per heavy atom. The number of anilines is 1. The average molecular weight is 327 g/mol. The van der Waals surface area contributed by atoms with Gasteiger partial charge in [0.2, 0.25) is 0 Å². The lowest BCUT2D eigenvalue weighted by Gasteiger charge is -2.35. The van der Waals surface area contributed by atoms with E-state index in [0.29, 0.717) is 0 Å². The number of Topliss-reactive ketones (excluding diaryl/α,β-unsaturated/α-hetero) is 1. The average Bonchev–Trinajstić information content (AvgIpc) is 2.67. The summed E-state index contributed by atoms with van der Waals surface area (Å²) in [5.74, 6) is 0.268. The number of para-hydroxylation sites is 1. The van der Waals surface area contributed by atoms with Gasteiger partial charge in [-0.3, -0.25) is 4.79 Å². The van der Waals surface area contributed by atoms with Gasteiger partial charge in [-0.1, -0.05) is 72.8 Å². The molecule has 2 nitrogen and oxygen atoms in total. The van der Waals surface area contributed by atoms with Crippen LogP contribution in [-0.2, 0) is 13.0 Å². The first-order valence-corrected chi connectivity index (χ1v) is 8.77. The summed E-state index contributed by atoms with van der Waals surface area (Å²) >= 11 is 0. The molecule has 3 aromatic carbocycles. The molecule has 1 aliphatic heterocycles. The summed E-state index contributed by atoms with van der Waals surface area (Å²) in [5, 5.41) is 0. The maximum absolute atomic E-state index is 13.0. The molecule has 0 bridgehead atoms. The lowest BCUT2D eigenvalue weighted by Crippen LogP contribution is -2.39. The van der Waals surface area contributed by atoms with Crippen LogP contribution in [-0.4, -0.2) is 12.3 Å². The molecule has 3 aromatic rings. The van der Waals surface area contributed by atoms with E-state index in [9.17, 15) is 4.79 Å². The number of fused-ring (bicyclic) bond motifs is 1. The van der Waals surface area contributed by atoms with E-state index >= 15 is 0 Å². The van der Waals surface area contributed by atoms with E-state index in [4.69, 9.17) is 0 Å². The van der Waals surface area contributed by atoms with Crippen LogP contribution in [0.15, 0.2) is 84.9 Å². The van der Waals surface area contributed by atoms with Crippen molar-refractivity contribution in [2.45, 2.75) is 13.0 Å². The van der Waals surface area contributed by atoms with Crippen molar-refractivity contribution in [1.29, 1.82) is 0 Å². The first-order chi connectivity index (χ1) is 12.3. The molecule has 4 rings (SSSR count). The smallest absolute Gasteiger partial charge is 0.170 e. The molecule has 0 aliphatic carbocycles. The third-order valence-corrected chi connectivity index (χ3v) is 4.86. The molecule has 0 spiro atoms. The lowest BCUT2D eigenvalue weighted by atomic mass is 9.86. The molecular weight excluding hydrogens is 306 g/mol. The first kappa shape index (κ1) is 15.6. The van der Waals surface area contributed by atoms with Gasteiger partial charge in [-0.2, -0.15) is 0 Å². The third-order valence-electron chi connectivity index (χ3n) is 4.86. The van der Waals surface area contributed by atoms with Crippen molar-refractivity contribution in [2.75, 3.05) is 11.4 Å². The second kappa shape index (κ2) is 6.94. The second-order valence-corrected chi connectivity index (χ2v) is 6.63. The van der Waals surface area contributed by atoms with Crippen LogP contribution in [0.3, 0.4) is 0 Å². The van der Waals surface area contributed by atoms with Crippen LogP contribution in [0.2, 0.25) is 0 Å². The van der Waals surface area contributed by atoms with Crippen molar-refractivity contribution < 1.29 is 4.79 Å². The first-order valence-electron chi connectivity index (χ1n) is 8.77. The zero-order valence-corrected chi connectivity index (χ0v) is 14.1. The number of ketones is 1. The maximum atomic E-state index is 13.0. The highest BCUT2D eigenvalue weighted by Crippen LogP contribution is 2.32. The van der Waals surface area contributed by atoms with Crippen molar-refractivity contribution in [3.8, 4) is 0 Å². The minimum absolute atomic E-state index is 0.000937. The summed E-state index contributed by atoms with van der Waals surface area (Å²) < 4.78 is 0. The highest BCUT2D eigenvalue weighted by Gasteiger charge is 2.31. The molecule has 1 atom stereocenters. The Hall–Kier alpha value is -2.87. The number of rotatable bonds is 4. The summed E-state index contributed by atoms with van der Waals surface area (Å²) in [6.07, 6.45) is 0.791. The van der Waals surface area contributed by atoms with Gasteiger partial charge in [0.05, 0.1) is 0 Å². The summed E-state index contributed by atoms with van der Waals surface area (Å²) in [5.41, 5.74) is 4.40. The quantitative estimate of drug-likeness (QED) is 0.689. The van der Waals surface area contributed by atoms with E-state index in [1.165, 1.54) is 11.1 Å². The number of nitrogens with zero attached hydrogens (tertiary/aromatic N) is 1. The summed E-state index contributed by atoms with van der Waals surface area (Å²) in [6.45, 7) is 1.59. The van der Waals surface area contributed by atoms with E-state index in [2.05, 4.69) is 47.4 Å². The summed E-state index contributed by atoms with van der Waals surface area (Å²) in [7, 11) is 0. The van der Waals surface area contributed by atoms with Crippen molar-refractivity contribution in [3.63, 3.8) is 0 Å². The Balaban J connectivity index is 1.64. The third kappa shape index (κ3) is 3.34. The molecule has 1 heterocycles. The van der Waals surface area contributed by atoms with Crippen LogP contribution in [0.1, 0.15) is 21.5 Å². The van der Waals surface area contributed by atoms with Crippen molar-refractivity contribution >= 4 is 11.5 Å². The van der Waals surface area contributed by atoms with Crippen LogP contribution >= 0.6 is 0 Å². The molecule has 0 radical (unpaired) electrons. The number of hydrogen-bond acceptors (Lipinski definition) is 2. The van der Waals surface area contributed by atoms with Crippen molar-refractivity contribution in [3.05, 3.63) is 102 Å². The molecule has 25 heavy (non-hydrogen) atoms. The number of benzene rings is 3. The monoisotopic (exact) mass is 327 g/mol. The highest BCUT2D eigenvalue weighted by molar-refractivity contribution is 6.05. The van der Waals surface area contributed by atoms with Gasteiger partial charge < -0.3 is 4.90 Å². The van der Waals surface area contributed by atoms with Gasteiger partial charge in [-0.25, -0.2) is 0 Å². The molecule has 2 heteroatoms. The molecule has 0 saturated carbocycles. The summed E-state index contributed by atoms with van der Waals surface area (Å²) in [4.78, 5) is 15.3. The second-order valence-electron chi connectivity index (χ2n) is 6.63. The largest absolute Gasteiger partial charge is 0.366 e. The van der Waals surface area contributed by atoms with Gasteiger partial charge in [-0.05, 0) is 29.7 Å². The molecule has 0 amide bonds. The van der Waals surface area contributed by atoms with Gasteiger partial charge in [0.25, 0.3) is 0 Å². The Kier molecular flexibility index (Phi) is 4.34.